The number of carbonyl (C=O) groups is 4. The lowest BCUT2D eigenvalue weighted by molar-refractivity contribution is -0.150. The maximum Gasteiger partial charge on any atom is 0.306 e. The topological polar surface area (TPSA) is 116 Å². The lowest BCUT2D eigenvalue weighted by Gasteiger charge is -2.17. The number of ether oxygens (including phenoxy) is 3. The maximum absolute atomic E-state index is 12.9. The van der Waals surface area contributed by atoms with Gasteiger partial charge < -0.3 is 19.3 Å². The second kappa shape index (κ2) is 63.4. The Hall–Kier alpha value is -3.16. The molecular formula is C72H130O8. The summed E-state index contributed by atoms with van der Waals surface area (Å²) in [4.78, 5) is 49.2. The van der Waals surface area contributed by atoms with E-state index in [1.54, 1.807) is 0 Å². The van der Waals surface area contributed by atoms with Crippen LogP contribution in [-0.2, 0) is 33.4 Å². The summed E-state index contributed by atoms with van der Waals surface area (Å²) in [5, 5.41) is 8.79. The van der Waals surface area contributed by atoms with E-state index in [1.807, 2.05) is 0 Å². The highest BCUT2D eigenvalue weighted by Gasteiger charge is 2.16. The molecule has 0 saturated carbocycles. The van der Waals surface area contributed by atoms with Crippen molar-refractivity contribution in [2.45, 2.75) is 386 Å². The van der Waals surface area contributed by atoms with Crippen molar-refractivity contribution in [1.29, 1.82) is 0 Å². The number of carboxylic acid groups (broad SMARTS) is 1. The first-order chi connectivity index (χ1) is 39.2. The lowest BCUT2D eigenvalue weighted by Crippen LogP contribution is -2.17. The van der Waals surface area contributed by atoms with Crippen molar-refractivity contribution in [3.8, 4) is 0 Å². The first-order valence-corrected chi connectivity index (χ1v) is 34.7. The standard InChI is InChI=1S/C72H130O8/c1-5-9-13-17-18-19-20-21-22-23-24-25-36-43-53-63-70(75)78-67(57-47-15-11-7-3)60-50-40-33-27-30-38-45-55-65-72(77)80-68(58-48-16-12-8-4)61-51-41-34-28-31-37-44-54-64-71(76)79-66(56-46-14-10-6-2)59-49-39-32-26-29-35-42-52-62-69(73)74/h21-22,39-41,49-51,66-68H,5-20,23-38,42-48,52-65H2,1-4H3,(H,73,74)/b22-21-,49-39-,50-40-,51-41-. The average Bonchev–Trinajstić information content (AvgIpc) is 3.44. The molecule has 0 aromatic carbocycles. The monoisotopic (exact) mass is 1120 g/mol. The van der Waals surface area contributed by atoms with E-state index in [2.05, 4.69) is 76.3 Å². The number of unbranched alkanes of at least 4 members (excludes halogenated alkanes) is 35. The molecular weight excluding hydrogens is 993 g/mol. The Kier molecular flexibility index (Phi) is 60.9. The zero-order valence-corrected chi connectivity index (χ0v) is 53.1. The van der Waals surface area contributed by atoms with E-state index in [-0.39, 0.29) is 42.6 Å². The van der Waals surface area contributed by atoms with Gasteiger partial charge in [0, 0.05) is 44.9 Å². The van der Waals surface area contributed by atoms with E-state index in [0.29, 0.717) is 19.3 Å². The Morgan fingerprint density at radius 1 is 0.275 bits per heavy atom. The number of allylic oxidation sites excluding steroid dienone is 5. The van der Waals surface area contributed by atoms with E-state index in [4.69, 9.17) is 19.3 Å². The largest absolute Gasteiger partial charge is 0.481 e. The molecule has 3 unspecified atom stereocenters. The van der Waals surface area contributed by atoms with Gasteiger partial charge in [0.25, 0.3) is 0 Å². The second-order valence-corrected chi connectivity index (χ2v) is 23.7. The molecule has 466 valence electrons. The molecule has 8 heteroatoms. The van der Waals surface area contributed by atoms with E-state index < -0.39 is 5.97 Å². The van der Waals surface area contributed by atoms with Crippen LogP contribution in [0.1, 0.15) is 368 Å². The molecule has 8 nitrogen and oxygen atoms in total. The maximum atomic E-state index is 12.9. The van der Waals surface area contributed by atoms with Crippen LogP contribution in [0.25, 0.3) is 0 Å². The van der Waals surface area contributed by atoms with Gasteiger partial charge in [-0.05, 0) is 128 Å². The normalized spacial score (nSPS) is 13.1. The van der Waals surface area contributed by atoms with Crippen LogP contribution in [0.3, 0.4) is 0 Å². The molecule has 1 N–H and O–H groups in total. The Balaban J connectivity index is 4.39. The molecule has 0 spiro atoms. The molecule has 0 aromatic heterocycles. The number of carboxylic acids is 1. The van der Waals surface area contributed by atoms with Crippen LogP contribution >= 0.6 is 0 Å². The third-order valence-corrected chi connectivity index (χ3v) is 15.6. The molecule has 0 bridgehead atoms. The Morgan fingerprint density at radius 3 is 0.750 bits per heavy atom. The third kappa shape index (κ3) is 59.5. The van der Waals surface area contributed by atoms with Crippen molar-refractivity contribution in [3.63, 3.8) is 0 Å². The Morgan fingerprint density at radius 2 is 0.487 bits per heavy atom. The van der Waals surface area contributed by atoms with Crippen molar-refractivity contribution in [3.05, 3.63) is 48.6 Å². The summed E-state index contributed by atoms with van der Waals surface area (Å²) in [7, 11) is 0. The van der Waals surface area contributed by atoms with Gasteiger partial charge in [-0.25, -0.2) is 0 Å². The number of rotatable bonds is 63. The molecule has 80 heavy (non-hydrogen) atoms. The van der Waals surface area contributed by atoms with Gasteiger partial charge in [0.15, 0.2) is 0 Å². The fraction of sp³-hybridized carbons (Fsp3) is 0.833. The van der Waals surface area contributed by atoms with Gasteiger partial charge in [-0.2, -0.15) is 0 Å². The first-order valence-electron chi connectivity index (χ1n) is 34.7. The molecule has 0 heterocycles. The van der Waals surface area contributed by atoms with Crippen LogP contribution in [0, 0.1) is 0 Å². The van der Waals surface area contributed by atoms with Crippen LogP contribution < -0.4 is 0 Å². The molecule has 0 saturated heterocycles. The van der Waals surface area contributed by atoms with Crippen LogP contribution in [0.4, 0.5) is 0 Å². The lowest BCUT2D eigenvalue weighted by atomic mass is 10.0. The van der Waals surface area contributed by atoms with Gasteiger partial charge in [-0.1, -0.05) is 243 Å². The van der Waals surface area contributed by atoms with Gasteiger partial charge in [-0.15, -0.1) is 0 Å². The van der Waals surface area contributed by atoms with Crippen LogP contribution in [-0.4, -0.2) is 47.3 Å². The Bertz CT molecular complexity index is 1480. The first kappa shape index (κ1) is 76.8. The molecule has 0 aliphatic heterocycles. The number of carbonyl (C=O) groups excluding carboxylic acids is 3. The molecule has 0 rings (SSSR count). The highest BCUT2D eigenvalue weighted by Crippen LogP contribution is 2.20. The summed E-state index contributed by atoms with van der Waals surface area (Å²) in [6.07, 6.45) is 74.5. The van der Waals surface area contributed by atoms with E-state index in [1.165, 1.54) is 128 Å². The van der Waals surface area contributed by atoms with E-state index >= 15 is 0 Å². The van der Waals surface area contributed by atoms with E-state index in [9.17, 15) is 19.2 Å². The highest BCUT2D eigenvalue weighted by atomic mass is 16.6. The molecule has 0 aliphatic carbocycles. The van der Waals surface area contributed by atoms with Crippen molar-refractivity contribution in [1.82, 2.24) is 0 Å². The van der Waals surface area contributed by atoms with Gasteiger partial charge in [0.1, 0.15) is 18.3 Å². The summed E-state index contributed by atoms with van der Waals surface area (Å²) in [5.41, 5.74) is 0. The minimum absolute atomic E-state index is 0.00799. The quantitative estimate of drug-likeness (QED) is 0.0277. The smallest absolute Gasteiger partial charge is 0.306 e. The fourth-order valence-corrected chi connectivity index (χ4v) is 10.4. The summed E-state index contributed by atoms with van der Waals surface area (Å²) in [6.45, 7) is 8.96. The van der Waals surface area contributed by atoms with Gasteiger partial charge >= 0.3 is 23.9 Å². The molecule has 0 fully saturated rings. The van der Waals surface area contributed by atoms with E-state index in [0.717, 1.165) is 186 Å². The zero-order valence-electron chi connectivity index (χ0n) is 53.1. The minimum Gasteiger partial charge on any atom is -0.481 e. The van der Waals surface area contributed by atoms with Crippen LogP contribution in [0.15, 0.2) is 48.6 Å². The number of esters is 3. The SMILES string of the molecule is CCCCCCCC/C=C\CCCCCCCC(=O)OC(C/C=C\CCCCCCCC(=O)OC(C/C=C\CCCCCCCC(=O)OC(C/C=C\CCCCCCCC(=O)O)CCCCCC)CCCCCC)CCCCCC. The summed E-state index contributed by atoms with van der Waals surface area (Å²) in [6, 6.07) is 0. The van der Waals surface area contributed by atoms with Crippen molar-refractivity contribution < 1.29 is 38.5 Å². The predicted octanol–water partition coefficient (Wildman–Crippen LogP) is 22.8. The minimum atomic E-state index is -0.706. The summed E-state index contributed by atoms with van der Waals surface area (Å²) < 4.78 is 18.1. The number of hydrogen-bond donors (Lipinski definition) is 1. The molecule has 0 amide bonds. The van der Waals surface area contributed by atoms with Gasteiger partial charge in [0.2, 0.25) is 0 Å². The Labute approximate surface area is 495 Å². The highest BCUT2D eigenvalue weighted by molar-refractivity contribution is 5.70. The van der Waals surface area contributed by atoms with Crippen LogP contribution in [0.2, 0.25) is 0 Å². The number of aliphatic carboxylic acids is 1. The third-order valence-electron chi connectivity index (χ3n) is 15.6. The summed E-state index contributed by atoms with van der Waals surface area (Å²) >= 11 is 0. The van der Waals surface area contributed by atoms with Gasteiger partial charge in [-0.3, -0.25) is 19.2 Å². The summed E-state index contributed by atoms with van der Waals surface area (Å²) in [5.74, 6) is -0.830. The van der Waals surface area contributed by atoms with Crippen molar-refractivity contribution >= 4 is 23.9 Å². The molecule has 0 radical (unpaired) electrons. The fourth-order valence-electron chi connectivity index (χ4n) is 10.4. The molecule has 3 atom stereocenters. The molecule has 0 aromatic rings. The number of hydrogen-bond acceptors (Lipinski definition) is 7. The predicted molar refractivity (Wildman–Crippen MR) is 341 cm³/mol. The zero-order chi connectivity index (χ0) is 58.3. The second-order valence-electron chi connectivity index (χ2n) is 23.7. The van der Waals surface area contributed by atoms with Gasteiger partial charge in [0.05, 0.1) is 0 Å². The average molecular weight is 1120 g/mol. The molecule has 0 aliphatic rings. The van der Waals surface area contributed by atoms with Crippen molar-refractivity contribution in [2.24, 2.45) is 0 Å². The van der Waals surface area contributed by atoms with Crippen LogP contribution in [0.5, 0.6) is 0 Å². The van der Waals surface area contributed by atoms with Crippen molar-refractivity contribution in [2.75, 3.05) is 0 Å².